The van der Waals surface area contributed by atoms with Crippen LogP contribution in [-0.4, -0.2) is 45.8 Å². The van der Waals surface area contributed by atoms with Crippen LogP contribution in [0, 0.1) is 0 Å². The van der Waals surface area contributed by atoms with Crippen molar-refractivity contribution < 1.29 is 4.74 Å². The zero-order valence-corrected chi connectivity index (χ0v) is 21.8. The van der Waals surface area contributed by atoms with Crippen LogP contribution >= 0.6 is 0 Å². The number of nitrogens with two attached hydrogens (primary N) is 2. The van der Waals surface area contributed by atoms with E-state index >= 15 is 0 Å². The van der Waals surface area contributed by atoms with Crippen molar-refractivity contribution in [1.29, 1.82) is 0 Å². The minimum atomic E-state index is -0.219. The summed E-state index contributed by atoms with van der Waals surface area (Å²) in [6, 6.07) is 24.9. The van der Waals surface area contributed by atoms with Gasteiger partial charge in [-0.15, -0.1) is 0 Å². The topological polar surface area (TPSA) is 108 Å². The van der Waals surface area contributed by atoms with E-state index in [1.54, 1.807) is 6.20 Å². The number of rotatable bonds is 5. The maximum Gasteiger partial charge on any atom is 0.165 e. The molecule has 2 fully saturated rings. The van der Waals surface area contributed by atoms with Crippen LogP contribution in [0.4, 0.5) is 11.5 Å². The molecule has 39 heavy (non-hydrogen) atoms. The molecule has 8 heteroatoms. The lowest BCUT2D eigenvalue weighted by Gasteiger charge is -2.38. The quantitative estimate of drug-likeness (QED) is 0.341. The first kappa shape index (κ1) is 23.8. The number of nitrogen functional groups attached to an aromatic ring is 1. The Bertz CT molecular complexity index is 1650. The fourth-order valence-electron chi connectivity index (χ4n) is 5.62. The van der Waals surface area contributed by atoms with E-state index in [1.165, 1.54) is 12.1 Å². The van der Waals surface area contributed by atoms with E-state index in [9.17, 15) is 0 Å². The number of morpholine rings is 1. The Hall–Kier alpha value is -4.27. The van der Waals surface area contributed by atoms with Gasteiger partial charge in [-0.2, -0.15) is 0 Å². The summed E-state index contributed by atoms with van der Waals surface area (Å²) < 4.78 is 7.61. The third kappa shape index (κ3) is 4.22. The molecule has 0 spiro atoms. The van der Waals surface area contributed by atoms with Crippen LogP contribution in [0.1, 0.15) is 24.8 Å². The highest BCUT2D eigenvalue weighted by Gasteiger charge is 2.34. The molecule has 2 aromatic carbocycles. The second kappa shape index (κ2) is 9.48. The first-order valence-corrected chi connectivity index (χ1v) is 13.5. The summed E-state index contributed by atoms with van der Waals surface area (Å²) in [6.45, 7) is 3.27. The molecule has 1 aliphatic carbocycles. The van der Waals surface area contributed by atoms with Gasteiger partial charge in [0, 0.05) is 41.8 Å². The van der Waals surface area contributed by atoms with Crippen LogP contribution < -0.4 is 16.4 Å². The zero-order valence-electron chi connectivity index (χ0n) is 21.8. The summed E-state index contributed by atoms with van der Waals surface area (Å²) in [6.07, 6.45) is 4.91. The molecular weight excluding hydrogens is 486 g/mol. The molecule has 3 aromatic heterocycles. The van der Waals surface area contributed by atoms with Crippen LogP contribution in [0.2, 0.25) is 0 Å². The first-order valence-electron chi connectivity index (χ1n) is 13.5. The predicted molar refractivity (Wildman–Crippen MR) is 155 cm³/mol. The Balaban J connectivity index is 1.36. The predicted octanol–water partition coefficient (Wildman–Crippen LogP) is 4.91. The number of imidazole rings is 1. The summed E-state index contributed by atoms with van der Waals surface area (Å²) >= 11 is 0. The Morgan fingerprint density at radius 3 is 2.41 bits per heavy atom. The number of pyridine rings is 2. The van der Waals surface area contributed by atoms with Crippen molar-refractivity contribution in [2.45, 2.75) is 24.8 Å². The van der Waals surface area contributed by atoms with E-state index in [0.29, 0.717) is 11.6 Å². The molecular formula is C31H31N7O. The third-order valence-electron chi connectivity index (χ3n) is 8.05. The van der Waals surface area contributed by atoms with E-state index < -0.39 is 0 Å². The Morgan fingerprint density at radius 1 is 0.846 bits per heavy atom. The highest BCUT2D eigenvalue weighted by atomic mass is 16.5. The van der Waals surface area contributed by atoms with Crippen molar-refractivity contribution in [3.8, 4) is 28.3 Å². The summed E-state index contributed by atoms with van der Waals surface area (Å²) in [4.78, 5) is 16.8. The fraction of sp³-hybridized carbons (Fsp3) is 0.258. The molecule has 4 N–H and O–H groups in total. The van der Waals surface area contributed by atoms with Crippen LogP contribution in [0.3, 0.4) is 0 Å². The number of nitrogens with zero attached hydrogens (tertiary/aromatic N) is 5. The maximum atomic E-state index is 6.61. The number of anilines is 2. The SMILES string of the molecule is Nc1ncccc1-c1nc2ccc(-c3cccc(N4CCOCC4)c3)nc2n1-c1ccc(C2(N)CCC2)cc1. The zero-order chi connectivity index (χ0) is 26.4. The van der Waals surface area contributed by atoms with Gasteiger partial charge in [-0.3, -0.25) is 4.57 Å². The lowest BCUT2D eigenvalue weighted by atomic mass is 9.73. The normalized spacial score (nSPS) is 16.8. The van der Waals surface area contributed by atoms with Crippen LogP contribution in [0.5, 0.6) is 0 Å². The highest BCUT2D eigenvalue weighted by Crippen LogP contribution is 2.39. The Morgan fingerprint density at radius 2 is 1.67 bits per heavy atom. The van der Waals surface area contributed by atoms with Crippen molar-refractivity contribution in [3.63, 3.8) is 0 Å². The van der Waals surface area contributed by atoms with Crippen molar-refractivity contribution >= 4 is 22.7 Å². The summed E-state index contributed by atoms with van der Waals surface area (Å²) in [5, 5.41) is 0. The molecule has 196 valence electrons. The molecule has 0 amide bonds. The first-order chi connectivity index (χ1) is 19.1. The van der Waals surface area contributed by atoms with Gasteiger partial charge in [-0.25, -0.2) is 15.0 Å². The van der Waals surface area contributed by atoms with E-state index in [2.05, 4.69) is 63.0 Å². The molecule has 1 saturated heterocycles. The molecule has 7 rings (SSSR count). The Kier molecular flexibility index (Phi) is 5.79. The average molecular weight is 518 g/mol. The molecule has 1 aliphatic heterocycles. The number of hydrogen-bond donors (Lipinski definition) is 2. The molecule has 4 heterocycles. The van der Waals surface area contributed by atoms with Gasteiger partial charge in [0.15, 0.2) is 11.5 Å². The monoisotopic (exact) mass is 517 g/mol. The lowest BCUT2D eigenvalue weighted by Crippen LogP contribution is -2.43. The summed E-state index contributed by atoms with van der Waals surface area (Å²) in [7, 11) is 0. The summed E-state index contributed by atoms with van der Waals surface area (Å²) in [5.41, 5.74) is 20.3. The van der Waals surface area contributed by atoms with Crippen molar-refractivity contribution in [3.05, 3.63) is 84.6 Å². The minimum absolute atomic E-state index is 0.219. The molecule has 0 unspecified atom stereocenters. The standard InChI is InChI=1S/C31H31N7O/c32-28-25(6-2-15-34-28)29-36-27-12-11-26(21-4-1-5-24(20-21)37-16-18-39-19-17-37)35-30(27)38(29)23-9-7-22(8-10-23)31(33)13-3-14-31/h1-2,4-12,15,20H,3,13-14,16-19,33H2,(H2,32,34). The van der Waals surface area contributed by atoms with Gasteiger partial charge >= 0.3 is 0 Å². The number of fused-ring (bicyclic) bond motifs is 1. The van der Waals surface area contributed by atoms with Crippen LogP contribution in [0.25, 0.3) is 39.5 Å². The van der Waals surface area contributed by atoms with Crippen molar-refractivity contribution in [1.82, 2.24) is 19.5 Å². The molecule has 0 bridgehead atoms. The number of ether oxygens (including phenoxy) is 1. The van der Waals surface area contributed by atoms with Crippen LogP contribution in [0.15, 0.2) is 79.0 Å². The van der Waals surface area contributed by atoms with Gasteiger partial charge in [0.25, 0.3) is 0 Å². The fourth-order valence-corrected chi connectivity index (χ4v) is 5.62. The van der Waals surface area contributed by atoms with Crippen molar-refractivity contribution in [2.24, 2.45) is 5.73 Å². The second-order valence-electron chi connectivity index (χ2n) is 10.5. The van der Waals surface area contributed by atoms with E-state index in [1.807, 2.05) is 24.3 Å². The molecule has 0 atom stereocenters. The van der Waals surface area contributed by atoms with Crippen molar-refractivity contribution in [2.75, 3.05) is 36.9 Å². The van der Waals surface area contributed by atoms with Gasteiger partial charge < -0.3 is 21.1 Å². The van der Waals surface area contributed by atoms with E-state index in [-0.39, 0.29) is 5.54 Å². The molecule has 2 aliphatic rings. The third-order valence-corrected chi connectivity index (χ3v) is 8.05. The Labute approximate surface area is 227 Å². The lowest BCUT2D eigenvalue weighted by molar-refractivity contribution is 0.122. The van der Waals surface area contributed by atoms with Crippen LogP contribution in [-0.2, 0) is 10.3 Å². The minimum Gasteiger partial charge on any atom is -0.383 e. The number of benzene rings is 2. The van der Waals surface area contributed by atoms with Gasteiger partial charge in [0.1, 0.15) is 11.3 Å². The number of aromatic nitrogens is 4. The molecule has 1 saturated carbocycles. The van der Waals surface area contributed by atoms with Gasteiger partial charge in [0.05, 0.1) is 24.5 Å². The largest absolute Gasteiger partial charge is 0.383 e. The highest BCUT2D eigenvalue weighted by molar-refractivity contribution is 5.84. The van der Waals surface area contributed by atoms with Gasteiger partial charge in [-0.05, 0) is 73.4 Å². The van der Waals surface area contributed by atoms with E-state index in [0.717, 1.165) is 78.4 Å². The second-order valence-corrected chi connectivity index (χ2v) is 10.5. The molecule has 0 radical (unpaired) electrons. The smallest absolute Gasteiger partial charge is 0.165 e. The molecule has 8 nitrogen and oxygen atoms in total. The van der Waals surface area contributed by atoms with Gasteiger partial charge in [-0.1, -0.05) is 24.3 Å². The number of hydrogen-bond acceptors (Lipinski definition) is 7. The summed E-state index contributed by atoms with van der Waals surface area (Å²) in [5.74, 6) is 1.14. The maximum absolute atomic E-state index is 6.61. The molecule has 5 aromatic rings. The average Bonchev–Trinajstić information content (AvgIpc) is 3.35. The van der Waals surface area contributed by atoms with E-state index in [4.69, 9.17) is 26.2 Å². The van der Waals surface area contributed by atoms with Gasteiger partial charge in [0.2, 0.25) is 0 Å².